The molecule has 1 aromatic carbocycles. The number of hydrogen-bond acceptors (Lipinski definition) is 0. The molecule has 1 aliphatic carbocycles. The van der Waals surface area contributed by atoms with Crippen LogP contribution in [0.15, 0.2) is 54.7 Å². The number of benzene rings is 1. The monoisotopic (exact) mass is 252 g/mol. The van der Waals surface area contributed by atoms with E-state index in [2.05, 4.69) is 63.8 Å². The van der Waals surface area contributed by atoms with Gasteiger partial charge in [-0.25, -0.2) is 0 Å². The molecule has 0 heterocycles. The predicted octanol–water partition coefficient (Wildman–Crippen LogP) is 5.95. The molecule has 1 aliphatic rings. The first-order chi connectivity index (χ1) is 9.22. The fraction of sp³-hybridized carbons (Fsp3) is 0.263. The van der Waals surface area contributed by atoms with Crippen LogP contribution in [0.2, 0.25) is 0 Å². The van der Waals surface area contributed by atoms with E-state index in [1.165, 1.54) is 33.4 Å². The van der Waals surface area contributed by atoms with E-state index in [1.54, 1.807) is 0 Å². The van der Waals surface area contributed by atoms with Crippen molar-refractivity contribution in [1.82, 2.24) is 0 Å². The lowest BCUT2D eigenvalue weighted by atomic mass is 10.0. The second-order valence-corrected chi connectivity index (χ2v) is 4.28. The average Bonchev–Trinajstić information content (AvgIpc) is 2.73. The first-order valence-electron chi connectivity index (χ1n) is 7.00. The lowest BCUT2D eigenvalue weighted by Crippen LogP contribution is -1.84. The molecule has 0 aromatic heterocycles. The van der Waals surface area contributed by atoms with Gasteiger partial charge in [0.15, 0.2) is 0 Å². The average molecular weight is 252 g/mol. The lowest BCUT2D eigenvalue weighted by molar-refractivity contribution is 1.44. The van der Waals surface area contributed by atoms with Crippen molar-refractivity contribution < 1.29 is 0 Å². The zero-order chi connectivity index (χ0) is 14.4. The summed E-state index contributed by atoms with van der Waals surface area (Å²) in [6.07, 6.45) is 8.38. The minimum Gasteiger partial charge on any atom is -0.0984 e. The molecule has 0 saturated heterocycles. The highest BCUT2D eigenvalue weighted by Crippen LogP contribution is 2.42. The standard InChI is InChI=1S/C17H18.C2H6/c1-5-8-15-13(6-2)14(7-3)17-11-12(4)9-10-16(15)17;1-2/h5-11H,2H2,1,3-4H3;1-2H3/b8-5-,14-7+;. The summed E-state index contributed by atoms with van der Waals surface area (Å²) in [4.78, 5) is 0. The molecule has 0 radical (unpaired) electrons. The van der Waals surface area contributed by atoms with E-state index in [-0.39, 0.29) is 0 Å². The van der Waals surface area contributed by atoms with Crippen molar-refractivity contribution in [3.05, 3.63) is 71.3 Å². The van der Waals surface area contributed by atoms with Gasteiger partial charge in [0.05, 0.1) is 0 Å². The fourth-order valence-electron chi connectivity index (χ4n) is 2.43. The summed E-state index contributed by atoms with van der Waals surface area (Å²) < 4.78 is 0. The first-order valence-corrected chi connectivity index (χ1v) is 7.00. The Bertz CT molecular complexity index is 551. The third-order valence-corrected chi connectivity index (χ3v) is 3.16. The molecule has 0 unspecified atom stereocenters. The third-order valence-electron chi connectivity index (χ3n) is 3.16. The van der Waals surface area contributed by atoms with Gasteiger partial charge >= 0.3 is 0 Å². The van der Waals surface area contributed by atoms with E-state index in [0.29, 0.717) is 0 Å². The summed E-state index contributed by atoms with van der Waals surface area (Å²) in [5.41, 5.74) is 7.77. The first kappa shape index (κ1) is 15.2. The molecule has 0 amide bonds. The molecule has 100 valence electrons. The van der Waals surface area contributed by atoms with Gasteiger partial charge in [-0.1, -0.05) is 68.5 Å². The minimum atomic E-state index is 1.24. The van der Waals surface area contributed by atoms with Gasteiger partial charge in [-0.15, -0.1) is 0 Å². The highest BCUT2D eigenvalue weighted by molar-refractivity contribution is 6.04. The van der Waals surface area contributed by atoms with Crippen molar-refractivity contribution >= 4 is 11.1 Å². The molecule has 0 atom stereocenters. The highest BCUT2D eigenvalue weighted by atomic mass is 14.2. The van der Waals surface area contributed by atoms with Crippen molar-refractivity contribution in [3.8, 4) is 0 Å². The number of hydrogen-bond donors (Lipinski definition) is 0. The van der Waals surface area contributed by atoms with Crippen LogP contribution in [-0.4, -0.2) is 0 Å². The molecule has 0 N–H and O–H groups in total. The van der Waals surface area contributed by atoms with Crippen LogP contribution in [0.5, 0.6) is 0 Å². The van der Waals surface area contributed by atoms with Crippen LogP contribution < -0.4 is 0 Å². The molecule has 1 aromatic rings. The molecular formula is C19H24. The maximum atomic E-state index is 3.95. The van der Waals surface area contributed by atoms with Gasteiger partial charge in [0.25, 0.3) is 0 Å². The van der Waals surface area contributed by atoms with Crippen LogP contribution in [-0.2, 0) is 0 Å². The van der Waals surface area contributed by atoms with Crippen LogP contribution in [0, 0.1) is 6.92 Å². The molecule has 2 rings (SSSR count). The van der Waals surface area contributed by atoms with E-state index in [1.807, 2.05) is 19.9 Å². The van der Waals surface area contributed by atoms with Gasteiger partial charge in [-0.05, 0) is 48.6 Å². The molecule has 0 aliphatic heterocycles. The van der Waals surface area contributed by atoms with Crippen molar-refractivity contribution in [2.75, 3.05) is 0 Å². The number of fused-ring (bicyclic) bond motifs is 1. The second kappa shape index (κ2) is 6.94. The van der Waals surface area contributed by atoms with E-state index in [0.717, 1.165) is 0 Å². The van der Waals surface area contributed by atoms with E-state index < -0.39 is 0 Å². The van der Waals surface area contributed by atoms with E-state index in [9.17, 15) is 0 Å². The van der Waals surface area contributed by atoms with Gasteiger partial charge in [-0.2, -0.15) is 0 Å². The molecule has 0 bridgehead atoms. The molecule has 19 heavy (non-hydrogen) atoms. The smallest absolute Gasteiger partial charge is 0.00990 e. The summed E-state index contributed by atoms with van der Waals surface area (Å²) >= 11 is 0. The quantitative estimate of drug-likeness (QED) is 0.609. The number of allylic oxidation sites excluding steroid dienone is 7. The zero-order valence-electron chi connectivity index (χ0n) is 12.7. The lowest BCUT2D eigenvalue weighted by Gasteiger charge is -2.04. The second-order valence-electron chi connectivity index (χ2n) is 4.28. The Morgan fingerprint density at radius 2 is 1.68 bits per heavy atom. The van der Waals surface area contributed by atoms with Crippen LogP contribution >= 0.6 is 0 Å². The summed E-state index contributed by atoms with van der Waals surface area (Å²) in [6.45, 7) is 14.2. The normalized spacial score (nSPS) is 15.5. The van der Waals surface area contributed by atoms with Crippen molar-refractivity contribution in [3.63, 3.8) is 0 Å². The highest BCUT2D eigenvalue weighted by Gasteiger charge is 2.22. The Morgan fingerprint density at radius 3 is 2.21 bits per heavy atom. The van der Waals surface area contributed by atoms with Gasteiger partial charge in [0.2, 0.25) is 0 Å². The Morgan fingerprint density at radius 1 is 1.00 bits per heavy atom. The summed E-state index contributed by atoms with van der Waals surface area (Å²) in [5, 5.41) is 0. The molecule has 0 nitrogen and oxygen atoms in total. The fourth-order valence-corrected chi connectivity index (χ4v) is 2.43. The van der Waals surface area contributed by atoms with Crippen LogP contribution in [0.25, 0.3) is 11.1 Å². The van der Waals surface area contributed by atoms with Gasteiger partial charge in [-0.3, -0.25) is 0 Å². The van der Waals surface area contributed by atoms with Gasteiger partial charge in [0.1, 0.15) is 0 Å². The molecule has 0 heteroatoms. The maximum Gasteiger partial charge on any atom is -0.00990 e. The molecule has 0 spiro atoms. The molecular weight excluding hydrogens is 228 g/mol. The van der Waals surface area contributed by atoms with Gasteiger partial charge < -0.3 is 0 Å². The third kappa shape index (κ3) is 2.78. The van der Waals surface area contributed by atoms with E-state index >= 15 is 0 Å². The predicted molar refractivity (Wildman–Crippen MR) is 88.1 cm³/mol. The maximum absolute atomic E-state index is 3.95. The van der Waals surface area contributed by atoms with Crippen molar-refractivity contribution in [2.45, 2.75) is 34.6 Å². The topological polar surface area (TPSA) is 0 Å². The largest absolute Gasteiger partial charge is 0.0984 e. The number of rotatable bonds is 2. The number of aryl methyl sites for hydroxylation is 1. The Balaban J connectivity index is 0.000000861. The van der Waals surface area contributed by atoms with E-state index in [4.69, 9.17) is 0 Å². The summed E-state index contributed by atoms with van der Waals surface area (Å²) in [7, 11) is 0. The van der Waals surface area contributed by atoms with Crippen molar-refractivity contribution in [2.24, 2.45) is 0 Å². The molecule has 0 fully saturated rings. The minimum absolute atomic E-state index is 1.24. The van der Waals surface area contributed by atoms with Crippen LogP contribution in [0.1, 0.15) is 44.4 Å². The summed E-state index contributed by atoms with van der Waals surface area (Å²) in [6, 6.07) is 6.63. The SMILES string of the molecule is C=CC1=C(/C=C\C)c2ccc(C)cc2/C1=C/C.CC. The summed E-state index contributed by atoms with van der Waals surface area (Å²) in [5.74, 6) is 0. The zero-order valence-corrected chi connectivity index (χ0v) is 12.7. The van der Waals surface area contributed by atoms with Crippen LogP contribution in [0.3, 0.4) is 0 Å². The van der Waals surface area contributed by atoms with Gasteiger partial charge in [0, 0.05) is 0 Å². The Labute approximate surface area is 117 Å². The van der Waals surface area contributed by atoms with Crippen LogP contribution in [0.4, 0.5) is 0 Å². The Kier molecular flexibility index (Phi) is 5.57. The Hall–Kier alpha value is -1.82. The molecule has 0 saturated carbocycles. The van der Waals surface area contributed by atoms with Crippen molar-refractivity contribution in [1.29, 1.82) is 0 Å².